The Morgan fingerprint density at radius 2 is 2.04 bits per heavy atom. The molecule has 0 radical (unpaired) electrons. The molecular formula is C18H18BrF2NO4. The quantitative estimate of drug-likeness (QED) is 0.675. The van der Waals surface area contributed by atoms with Crippen LogP contribution in [0.4, 0.5) is 8.78 Å². The van der Waals surface area contributed by atoms with Gasteiger partial charge in [0.1, 0.15) is 5.75 Å². The average molecular weight is 430 g/mol. The third kappa shape index (κ3) is 5.32. The predicted octanol–water partition coefficient (Wildman–Crippen LogP) is 4.39. The van der Waals surface area contributed by atoms with E-state index < -0.39 is 6.61 Å². The zero-order chi connectivity index (χ0) is 19.1. The van der Waals surface area contributed by atoms with Gasteiger partial charge < -0.3 is 19.5 Å². The summed E-state index contributed by atoms with van der Waals surface area (Å²) in [6.07, 6.45) is 0. The van der Waals surface area contributed by atoms with E-state index in [1.807, 2.05) is 6.92 Å². The maximum Gasteiger partial charge on any atom is 0.387 e. The normalized spacial score (nSPS) is 10.5. The zero-order valence-corrected chi connectivity index (χ0v) is 15.8. The van der Waals surface area contributed by atoms with Gasteiger partial charge in [-0.3, -0.25) is 4.79 Å². The lowest BCUT2D eigenvalue weighted by Gasteiger charge is -2.13. The van der Waals surface area contributed by atoms with E-state index >= 15 is 0 Å². The van der Waals surface area contributed by atoms with Gasteiger partial charge in [-0.15, -0.1) is 0 Å². The molecule has 8 heteroatoms. The third-order valence-electron chi connectivity index (χ3n) is 3.36. The predicted molar refractivity (Wildman–Crippen MR) is 96.1 cm³/mol. The van der Waals surface area contributed by atoms with Crippen molar-refractivity contribution in [3.05, 3.63) is 52.0 Å². The number of methoxy groups -OCH3 is 1. The Morgan fingerprint density at radius 3 is 2.69 bits per heavy atom. The summed E-state index contributed by atoms with van der Waals surface area (Å²) in [5.41, 5.74) is 1.01. The van der Waals surface area contributed by atoms with Crippen molar-refractivity contribution in [1.82, 2.24) is 5.32 Å². The average Bonchev–Trinajstić information content (AvgIpc) is 2.61. The van der Waals surface area contributed by atoms with Gasteiger partial charge >= 0.3 is 6.61 Å². The van der Waals surface area contributed by atoms with Crippen LogP contribution in [-0.2, 0) is 6.54 Å². The Morgan fingerprint density at radius 1 is 1.27 bits per heavy atom. The maximum absolute atomic E-state index is 12.4. The molecular weight excluding hydrogens is 412 g/mol. The highest BCUT2D eigenvalue weighted by atomic mass is 79.9. The van der Waals surface area contributed by atoms with Crippen LogP contribution in [0.5, 0.6) is 17.2 Å². The molecule has 0 aliphatic heterocycles. The summed E-state index contributed by atoms with van der Waals surface area (Å²) in [6, 6.07) is 9.34. The van der Waals surface area contributed by atoms with Crippen molar-refractivity contribution in [3.8, 4) is 17.2 Å². The molecule has 2 rings (SSSR count). The lowest BCUT2D eigenvalue weighted by atomic mass is 10.1. The number of ether oxygens (including phenoxy) is 3. The monoisotopic (exact) mass is 429 g/mol. The fraction of sp³-hybridized carbons (Fsp3) is 0.278. The molecule has 0 aromatic heterocycles. The first-order valence-corrected chi connectivity index (χ1v) is 8.56. The molecule has 0 fully saturated rings. The number of rotatable bonds is 8. The molecule has 0 atom stereocenters. The molecule has 1 amide bonds. The molecule has 0 heterocycles. The number of alkyl halides is 2. The minimum atomic E-state index is -2.89. The van der Waals surface area contributed by atoms with Crippen LogP contribution in [-0.4, -0.2) is 26.2 Å². The van der Waals surface area contributed by atoms with E-state index in [1.165, 1.54) is 19.2 Å². The van der Waals surface area contributed by atoms with Gasteiger partial charge in [0.2, 0.25) is 0 Å². The van der Waals surface area contributed by atoms with E-state index in [0.29, 0.717) is 33.7 Å². The summed E-state index contributed by atoms with van der Waals surface area (Å²) in [6.45, 7) is -0.434. The second-order valence-electron chi connectivity index (χ2n) is 5.13. The van der Waals surface area contributed by atoms with Crippen molar-refractivity contribution >= 4 is 21.8 Å². The van der Waals surface area contributed by atoms with Crippen LogP contribution in [0.25, 0.3) is 0 Å². The van der Waals surface area contributed by atoms with Gasteiger partial charge in [0.05, 0.1) is 18.2 Å². The molecule has 0 unspecified atom stereocenters. The molecule has 0 saturated heterocycles. The van der Waals surface area contributed by atoms with Gasteiger partial charge in [0.15, 0.2) is 11.5 Å². The summed E-state index contributed by atoms with van der Waals surface area (Å²) in [5, 5.41) is 2.73. The number of amides is 1. The fourth-order valence-corrected chi connectivity index (χ4v) is 2.81. The Kier molecular flexibility index (Phi) is 7.20. The molecule has 140 valence electrons. The molecule has 0 saturated carbocycles. The first-order chi connectivity index (χ1) is 12.4. The van der Waals surface area contributed by atoms with Crippen LogP contribution in [0.3, 0.4) is 0 Å². The van der Waals surface area contributed by atoms with E-state index in [2.05, 4.69) is 26.0 Å². The second kappa shape index (κ2) is 9.38. The summed E-state index contributed by atoms with van der Waals surface area (Å²) < 4.78 is 40.2. The van der Waals surface area contributed by atoms with Crippen LogP contribution in [0, 0.1) is 0 Å². The Bertz CT molecular complexity index is 771. The molecule has 26 heavy (non-hydrogen) atoms. The zero-order valence-electron chi connectivity index (χ0n) is 14.2. The van der Waals surface area contributed by atoms with Crippen molar-refractivity contribution in [2.75, 3.05) is 13.7 Å². The van der Waals surface area contributed by atoms with Crippen molar-refractivity contribution in [1.29, 1.82) is 0 Å². The van der Waals surface area contributed by atoms with E-state index in [9.17, 15) is 13.6 Å². The molecule has 0 bridgehead atoms. The number of carbonyl (C=O) groups excluding carboxylic acids is 1. The van der Waals surface area contributed by atoms with Crippen LogP contribution in [0.15, 0.2) is 40.9 Å². The van der Waals surface area contributed by atoms with Crippen LogP contribution in [0.1, 0.15) is 22.8 Å². The highest BCUT2D eigenvalue weighted by Gasteiger charge is 2.15. The molecule has 2 aromatic carbocycles. The number of halogens is 3. The van der Waals surface area contributed by atoms with Gasteiger partial charge in [-0.1, -0.05) is 12.1 Å². The number of hydrogen-bond acceptors (Lipinski definition) is 4. The standard InChI is InChI=1S/C18H18BrF2NO4/c1-3-25-16-14(19)8-12(9-15(16)24-2)17(23)22-10-11-5-4-6-13(7-11)26-18(20)21/h4-9,18H,3,10H2,1-2H3,(H,22,23). The van der Waals surface area contributed by atoms with Gasteiger partial charge in [-0.05, 0) is 52.7 Å². The van der Waals surface area contributed by atoms with Crippen molar-refractivity contribution in [3.63, 3.8) is 0 Å². The Hall–Kier alpha value is -2.35. The third-order valence-corrected chi connectivity index (χ3v) is 3.95. The van der Waals surface area contributed by atoms with E-state index in [0.717, 1.165) is 0 Å². The first-order valence-electron chi connectivity index (χ1n) is 7.76. The lowest BCUT2D eigenvalue weighted by Crippen LogP contribution is -2.23. The van der Waals surface area contributed by atoms with Gasteiger partial charge in [-0.2, -0.15) is 8.78 Å². The Labute approximate surface area is 158 Å². The maximum atomic E-state index is 12.4. The summed E-state index contributed by atoms with van der Waals surface area (Å²) in [4.78, 5) is 12.4. The topological polar surface area (TPSA) is 56.8 Å². The number of benzene rings is 2. The molecule has 0 aliphatic rings. The highest BCUT2D eigenvalue weighted by molar-refractivity contribution is 9.10. The minimum absolute atomic E-state index is 0.0391. The highest BCUT2D eigenvalue weighted by Crippen LogP contribution is 2.36. The largest absolute Gasteiger partial charge is 0.493 e. The summed E-state index contributed by atoms with van der Waals surface area (Å²) in [7, 11) is 1.49. The lowest BCUT2D eigenvalue weighted by molar-refractivity contribution is -0.0498. The fourth-order valence-electron chi connectivity index (χ4n) is 2.25. The minimum Gasteiger partial charge on any atom is -0.493 e. The van der Waals surface area contributed by atoms with E-state index in [4.69, 9.17) is 9.47 Å². The van der Waals surface area contributed by atoms with Gasteiger partial charge in [-0.25, -0.2) is 0 Å². The van der Waals surface area contributed by atoms with Crippen LogP contribution >= 0.6 is 15.9 Å². The van der Waals surface area contributed by atoms with Gasteiger partial charge in [0, 0.05) is 12.1 Å². The molecule has 2 aromatic rings. The Balaban J connectivity index is 2.09. The number of carbonyl (C=O) groups is 1. The molecule has 0 spiro atoms. The molecule has 1 N–H and O–H groups in total. The van der Waals surface area contributed by atoms with Crippen molar-refractivity contribution in [2.45, 2.75) is 20.1 Å². The number of nitrogens with one attached hydrogen (secondary N) is 1. The summed E-state index contributed by atoms with van der Waals surface area (Å²) >= 11 is 3.36. The molecule has 5 nitrogen and oxygen atoms in total. The van der Waals surface area contributed by atoms with Crippen molar-refractivity contribution < 1.29 is 27.8 Å². The SMILES string of the molecule is CCOc1c(Br)cc(C(=O)NCc2cccc(OC(F)F)c2)cc1OC. The number of hydrogen-bond donors (Lipinski definition) is 1. The van der Waals surface area contributed by atoms with Crippen molar-refractivity contribution in [2.24, 2.45) is 0 Å². The second-order valence-corrected chi connectivity index (χ2v) is 5.99. The van der Waals surface area contributed by atoms with Gasteiger partial charge in [0.25, 0.3) is 5.91 Å². The van der Waals surface area contributed by atoms with Crippen LogP contribution in [0.2, 0.25) is 0 Å². The van der Waals surface area contributed by atoms with E-state index in [-0.39, 0.29) is 18.2 Å². The molecule has 0 aliphatic carbocycles. The van der Waals surface area contributed by atoms with Crippen LogP contribution < -0.4 is 19.5 Å². The van der Waals surface area contributed by atoms with E-state index in [1.54, 1.807) is 24.3 Å². The first kappa shape index (κ1) is 20.0. The summed E-state index contributed by atoms with van der Waals surface area (Å²) in [5.74, 6) is 0.645. The smallest absolute Gasteiger partial charge is 0.387 e.